The van der Waals surface area contributed by atoms with E-state index in [2.05, 4.69) is 5.32 Å². The number of ketones is 1. The number of amides is 1. The number of nitrogens with one attached hydrogen (secondary N) is 1. The number of benzene rings is 2. The number of hydrogen-bond donors (Lipinski definition) is 1. The van der Waals surface area contributed by atoms with E-state index in [-0.39, 0.29) is 43.7 Å². The minimum Gasteiger partial charge on any atom is -0.486 e. The Morgan fingerprint density at radius 2 is 1.74 bits per heavy atom. The fourth-order valence-corrected chi connectivity index (χ4v) is 3.31. The van der Waals surface area contributed by atoms with E-state index in [9.17, 15) is 14.4 Å². The zero-order valence-electron chi connectivity index (χ0n) is 17.6. The molecule has 0 saturated heterocycles. The molecule has 7 heteroatoms. The van der Waals surface area contributed by atoms with E-state index in [4.69, 9.17) is 14.2 Å². The van der Waals surface area contributed by atoms with Crippen LogP contribution in [0.3, 0.4) is 0 Å². The first kappa shape index (κ1) is 22.3. The van der Waals surface area contributed by atoms with Gasteiger partial charge in [-0.05, 0) is 37.1 Å². The molecule has 1 heterocycles. The van der Waals surface area contributed by atoms with Gasteiger partial charge in [0.1, 0.15) is 13.2 Å². The Morgan fingerprint density at radius 1 is 1.00 bits per heavy atom. The quantitative estimate of drug-likeness (QED) is 0.465. The summed E-state index contributed by atoms with van der Waals surface area (Å²) in [5.41, 5.74) is 1.47. The van der Waals surface area contributed by atoms with Gasteiger partial charge in [-0.2, -0.15) is 0 Å². The highest BCUT2D eigenvalue weighted by atomic mass is 16.6. The molecule has 0 saturated carbocycles. The van der Waals surface area contributed by atoms with Gasteiger partial charge in [-0.15, -0.1) is 0 Å². The summed E-state index contributed by atoms with van der Waals surface area (Å²) in [6.07, 6.45) is 0.568. The van der Waals surface area contributed by atoms with Crippen LogP contribution >= 0.6 is 0 Å². The van der Waals surface area contributed by atoms with Gasteiger partial charge >= 0.3 is 5.97 Å². The molecule has 164 valence electrons. The molecule has 1 atom stereocenters. The summed E-state index contributed by atoms with van der Waals surface area (Å²) in [6, 6.07) is 14.6. The first-order valence-electron chi connectivity index (χ1n) is 10.5. The second-order valence-corrected chi connectivity index (χ2v) is 7.22. The fourth-order valence-electron chi connectivity index (χ4n) is 3.31. The number of fused-ring (bicyclic) bond motifs is 1. The van der Waals surface area contributed by atoms with E-state index in [0.29, 0.717) is 36.7 Å². The number of ether oxygens (including phenoxy) is 3. The van der Waals surface area contributed by atoms with E-state index in [1.54, 1.807) is 25.1 Å². The van der Waals surface area contributed by atoms with Crippen molar-refractivity contribution in [3.05, 3.63) is 59.7 Å². The molecule has 31 heavy (non-hydrogen) atoms. The smallest absolute Gasteiger partial charge is 0.311 e. The number of Topliss-reactive ketones (excluding diaryl/α,β-unsaturated/α-hetero) is 1. The van der Waals surface area contributed by atoms with Crippen molar-refractivity contribution in [1.82, 2.24) is 5.32 Å². The van der Waals surface area contributed by atoms with Crippen molar-refractivity contribution in [1.29, 1.82) is 0 Å². The molecule has 0 fully saturated rings. The van der Waals surface area contributed by atoms with Crippen molar-refractivity contribution in [2.75, 3.05) is 26.4 Å². The molecule has 0 radical (unpaired) electrons. The third kappa shape index (κ3) is 6.57. The number of esters is 1. The maximum Gasteiger partial charge on any atom is 0.311 e. The van der Waals surface area contributed by atoms with E-state index < -0.39 is 5.92 Å². The zero-order valence-corrected chi connectivity index (χ0v) is 17.6. The van der Waals surface area contributed by atoms with Crippen LogP contribution in [0, 0.1) is 5.92 Å². The van der Waals surface area contributed by atoms with Crippen LogP contribution in [0.2, 0.25) is 0 Å². The lowest BCUT2D eigenvalue weighted by Crippen LogP contribution is -2.35. The van der Waals surface area contributed by atoms with Crippen LogP contribution in [0.4, 0.5) is 0 Å². The Balaban J connectivity index is 1.50. The Labute approximate surface area is 181 Å². The average Bonchev–Trinajstić information content (AvgIpc) is 2.80. The molecule has 3 rings (SSSR count). The Hall–Kier alpha value is -3.35. The molecule has 1 aliphatic heterocycles. The molecule has 7 nitrogen and oxygen atoms in total. The summed E-state index contributed by atoms with van der Waals surface area (Å²) in [5, 5.41) is 2.76. The van der Waals surface area contributed by atoms with Crippen LogP contribution in [0.5, 0.6) is 11.5 Å². The van der Waals surface area contributed by atoms with Gasteiger partial charge in [-0.1, -0.05) is 30.3 Å². The SMILES string of the molecule is CCOC(=O)C(CNC(=O)CCC(=O)c1ccc2c(c1)OCCO2)Cc1ccccc1. The van der Waals surface area contributed by atoms with Gasteiger partial charge in [0.15, 0.2) is 17.3 Å². The van der Waals surface area contributed by atoms with Crippen molar-refractivity contribution in [2.24, 2.45) is 5.92 Å². The second kappa shape index (κ2) is 11.2. The van der Waals surface area contributed by atoms with Crippen LogP contribution in [-0.4, -0.2) is 44.0 Å². The van der Waals surface area contributed by atoms with Crippen molar-refractivity contribution in [2.45, 2.75) is 26.2 Å². The summed E-state index contributed by atoms with van der Waals surface area (Å²) >= 11 is 0. The van der Waals surface area contributed by atoms with E-state index >= 15 is 0 Å². The Bertz CT molecular complexity index is 912. The minimum absolute atomic E-state index is 0.0359. The summed E-state index contributed by atoms with van der Waals surface area (Å²) < 4.78 is 16.1. The molecule has 0 spiro atoms. The second-order valence-electron chi connectivity index (χ2n) is 7.22. The van der Waals surface area contributed by atoms with E-state index in [1.807, 2.05) is 30.3 Å². The van der Waals surface area contributed by atoms with Crippen molar-refractivity contribution < 1.29 is 28.6 Å². The molecule has 0 aliphatic carbocycles. The minimum atomic E-state index is -0.486. The van der Waals surface area contributed by atoms with Gasteiger partial charge in [0.25, 0.3) is 0 Å². The zero-order chi connectivity index (χ0) is 22.1. The Morgan fingerprint density at radius 3 is 2.48 bits per heavy atom. The number of carbonyl (C=O) groups is 3. The summed E-state index contributed by atoms with van der Waals surface area (Å²) in [5.74, 6) is -0.117. The summed E-state index contributed by atoms with van der Waals surface area (Å²) in [7, 11) is 0. The number of carbonyl (C=O) groups excluding carboxylic acids is 3. The molecular weight excluding hydrogens is 398 g/mol. The molecular formula is C24H27NO6. The third-order valence-electron chi connectivity index (χ3n) is 4.93. The molecule has 1 aliphatic rings. The maximum absolute atomic E-state index is 12.5. The van der Waals surface area contributed by atoms with Crippen LogP contribution in [0.15, 0.2) is 48.5 Å². The largest absolute Gasteiger partial charge is 0.486 e. The molecule has 0 aromatic heterocycles. The first-order chi connectivity index (χ1) is 15.1. The summed E-state index contributed by atoms with van der Waals surface area (Å²) in [6.45, 7) is 3.11. The van der Waals surface area contributed by atoms with Crippen LogP contribution in [-0.2, 0) is 20.7 Å². The standard InChI is InChI=1S/C24H27NO6/c1-2-29-24(28)19(14-17-6-4-3-5-7-17)16-25-23(27)11-9-20(26)18-8-10-21-22(15-18)31-13-12-30-21/h3-8,10,15,19H,2,9,11-14,16H2,1H3,(H,25,27). The lowest BCUT2D eigenvalue weighted by atomic mass is 9.99. The van der Waals surface area contributed by atoms with Crippen LogP contribution in [0.1, 0.15) is 35.7 Å². The molecule has 0 bridgehead atoms. The molecule has 1 unspecified atom stereocenters. The van der Waals surface area contributed by atoms with Gasteiger partial charge < -0.3 is 19.5 Å². The molecule has 1 N–H and O–H groups in total. The van der Waals surface area contributed by atoms with Crippen molar-refractivity contribution in [3.8, 4) is 11.5 Å². The normalized spacial score (nSPS) is 13.2. The van der Waals surface area contributed by atoms with Gasteiger partial charge in [0, 0.05) is 24.9 Å². The highest BCUT2D eigenvalue weighted by Gasteiger charge is 2.22. The van der Waals surface area contributed by atoms with E-state index in [1.165, 1.54) is 0 Å². The van der Waals surface area contributed by atoms with Crippen molar-refractivity contribution in [3.63, 3.8) is 0 Å². The van der Waals surface area contributed by atoms with Crippen LogP contribution < -0.4 is 14.8 Å². The van der Waals surface area contributed by atoms with Gasteiger partial charge in [-0.25, -0.2) is 0 Å². The maximum atomic E-state index is 12.5. The van der Waals surface area contributed by atoms with Crippen molar-refractivity contribution >= 4 is 17.7 Å². The first-order valence-corrected chi connectivity index (χ1v) is 10.5. The predicted molar refractivity (Wildman–Crippen MR) is 114 cm³/mol. The molecule has 2 aromatic rings. The lowest BCUT2D eigenvalue weighted by Gasteiger charge is -2.18. The topological polar surface area (TPSA) is 90.9 Å². The predicted octanol–water partition coefficient (Wildman–Crippen LogP) is 2.96. The monoisotopic (exact) mass is 425 g/mol. The third-order valence-corrected chi connectivity index (χ3v) is 4.93. The average molecular weight is 425 g/mol. The van der Waals surface area contributed by atoms with Gasteiger partial charge in [-0.3, -0.25) is 14.4 Å². The highest BCUT2D eigenvalue weighted by molar-refractivity contribution is 5.98. The number of rotatable bonds is 10. The van der Waals surface area contributed by atoms with Crippen LogP contribution in [0.25, 0.3) is 0 Å². The molecule has 2 aromatic carbocycles. The molecule has 1 amide bonds. The Kier molecular flexibility index (Phi) is 8.04. The fraction of sp³-hybridized carbons (Fsp3) is 0.375. The highest BCUT2D eigenvalue weighted by Crippen LogP contribution is 2.31. The summed E-state index contributed by atoms with van der Waals surface area (Å²) in [4.78, 5) is 37.0. The van der Waals surface area contributed by atoms with E-state index in [0.717, 1.165) is 5.56 Å². The van der Waals surface area contributed by atoms with Gasteiger partial charge in [0.2, 0.25) is 5.91 Å². The lowest BCUT2D eigenvalue weighted by molar-refractivity contribution is -0.147. The van der Waals surface area contributed by atoms with Gasteiger partial charge in [0.05, 0.1) is 12.5 Å². The number of hydrogen-bond acceptors (Lipinski definition) is 6.